The van der Waals surface area contributed by atoms with Crippen molar-refractivity contribution in [2.75, 3.05) is 5.73 Å². The fourth-order valence-electron chi connectivity index (χ4n) is 1.62. The van der Waals surface area contributed by atoms with E-state index in [0.717, 1.165) is 12.5 Å². The molecule has 2 atom stereocenters. The molecule has 1 fully saturated rings. The largest absolute Gasteiger partial charge is 0.398 e. The van der Waals surface area contributed by atoms with E-state index in [2.05, 4.69) is 4.72 Å². The molecule has 0 amide bonds. The lowest BCUT2D eigenvalue weighted by Crippen LogP contribution is -2.27. The number of benzene rings is 1. The molecule has 2 rings (SSSR count). The average molecular weight is 271 g/mol. The molecule has 1 aliphatic carbocycles. The van der Waals surface area contributed by atoms with Gasteiger partial charge in [0.15, 0.2) is 0 Å². The van der Waals surface area contributed by atoms with E-state index in [0.29, 0.717) is 5.92 Å². The second-order valence-electron chi connectivity index (χ2n) is 4.42. The quantitative estimate of drug-likeness (QED) is 0.479. The van der Waals surface area contributed by atoms with Gasteiger partial charge < -0.3 is 5.73 Å². The molecule has 18 heavy (non-hydrogen) atoms. The number of rotatable bonds is 4. The van der Waals surface area contributed by atoms with Crippen LogP contribution in [0.15, 0.2) is 23.1 Å². The van der Waals surface area contributed by atoms with Gasteiger partial charge in [-0.25, -0.2) is 13.1 Å². The molecule has 0 aliphatic heterocycles. The summed E-state index contributed by atoms with van der Waals surface area (Å²) < 4.78 is 26.5. The first-order valence-electron chi connectivity index (χ1n) is 5.37. The van der Waals surface area contributed by atoms with E-state index >= 15 is 0 Å². The summed E-state index contributed by atoms with van der Waals surface area (Å²) in [5.74, 6) is 0.291. The van der Waals surface area contributed by atoms with Crippen molar-refractivity contribution in [2.24, 2.45) is 5.92 Å². The molecule has 1 aromatic rings. The van der Waals surface area contributed by atoms with Gasteiger partial charge in [0, 0.05) is 18.2 Å². The van der Waals surface area contributed by atoms with Crippen LogP contribution in [-0.2, 0) is 10.0 Å². The first-order valence-corrected chi connectivity index (χ1v) is 6.86. The van der Waals surface area contributed by atoms with Crippen LogP contribution in [0.1, 0.15) is 13.3 Å². The molecular formula is C10H13N3O4S. The highest BCUT2D eigenvalue weighted by Gasteiger charge is 2.37. The summed E-state index contributed by atoms with van der Waals surface area (Å²) in [4.78, 5) is 9.73. The van der Waals surface area contributed by atoms with Crippen LogP contribution in [0.25, 0.3) is 0 Å². The van der Waals surface area contributed by atoms with Gasteiger partial charge in [-0.3, -0.25) is 10.1 Å². The van der Waals surface area contributed by atoms with Crippen molar-refractivity contribution in [3.8, 4) is 0 Å². The first-order chi connectivity index (χ1) is 8.31. The van der Waals surface area contributed by atoms with Crippen molar-refractivity contribution in [3.05, 3.63) is 28.3 Å². The standard InChI is InChI=1S/C10H13N3O4S/c1-6-4-9(6)12-18(16,17)10-5-7(13(14)15)2-3-8(10)11/h2-3,5-6,9,12H,4,11H2,1H3. The Morgan fingerprint density at radius 3 is 2.61 bits per heavy atom. The number of nitrogens with two attached hydrogens (primary N) is 1. The van der Waals surface area contributed by atoms with Crippen LogP contribution in [-0.4, -0.2) is 19.4 Å². The highest BCUT2D eigenvalue weighted by atomic mass is 32.2. The third-order valence-corrected chi connectivity index (χ3v) is 4.46. The monoisotopic (exact) mass is 271 g/mol. The molecule has 7 nitrogen and oxygen atoms in total. The number of nitrogens with one attached hydrogen (secondary N) is 1. The van der Waals surface area contributed by atoms with Gasteiger partial charge in [0.2, 0.25) is 10.0 Å². The number of sulfonamides is 1. The SMILES string of the molecule is CC1CC1NS(=O)(=O)c1cc([N+](=O)[O-])ccc1N. The number of nitrogens with zero attached hydrogens (tertiary/aromatic N) is 1. The molecule has 2 unspecified atom stereocenters. The fourth-order valence-corrected chi connectivity index (χ4v) is 3.13. The molecule has 0 radical (unpaired) electrons. The molecule has 0 saturated heterocycles. The zero-order valence-electron chi connectivity index (χ0n) is 9.66. The minimum absolute atomic E-state index is 0.00130. The molecule has 0 aromatic heterocycles. The lowest BCUT2D eigenvalue weighted by Gasteiger charge is -2.08. The van der Waals surface area contributed by atoms with E-state index < -0.39 is 14.9 Å². The van der Waals surface area contributed by atoms with Gasteiger partial charge in [-0.1, -0.05) is 6.92 Å². The third-order valence-electron chi connectivity index (χ3n) is 2.91. The second-order valence-corrected chi connectivity index (χ2v) is 6.10. The van der Waals surface area contributed by atoms with Crippen molar-refractivity contribution in [1.82, 2.24) is 4.72 Å². The number of nitrogen functional groups attached to an aromatic ring is 1. The second kappa shape index (κ2) is 4.21. The van der Waals surface area contributed by atoms with E-state index in [-0.39, 0.29) is 22.3 Å². The van der Waals surface area contributed by atoms with E-state index in [1.165, 1.54) is 12.1 Å². The Morgan fingerprint density at radius 2 is 2.11 bits per heavy atom. The minimum atomic E-state index is -3.80. The van der Waals surface area contributed by atoms with Gasteiger partial charge >= 0.3 is 0 Å². The number of hydrogen-bond donors (Lipinski definition) is 2. The Hall–Kier alpha value is -1.67. The Bertz CT molecular complexity index is 599. The number of hydrogen-bond acceptors (Lipinski definition) is 5. The highest BCUT2D eigenvalue weighted by Crippen LogP contribution is 2.32. The molecule has 8 heteroatoms. The van der Waals surface area contributed by atoms with Crippen LogP contribution in [0, 0.1) is 16.0 Å². The predicted octanol–water partition coefficient (Wildman–Crippen LogP) is 0.864. The lowest BCUT2D eigenvalue weighted by atomic mass is 10.3. The van der Waals surface area contributed by atoms with Gasteiger partial charge in [0.1, 0.15) is 4.90 Å². The van der Waals surface area contributed by atoms with Crippen LogP contribution in [0.2, 0.25) is 0 Å². The van der Waals surface area contributed by atoms with Crippen LogP contribution in [0.5, 0.6) is 0 Å². The van der Waals surface area contributed by atoms with Crippen molar-refractivity contribution in [1.29, 1.82) is 0 Å². The van der Waals surface area contributed by atoms with Gasteiger partial charge in [-0.05, 0) is 18.4 Å². The molecule has 1 aromatic carbocycles. The van der Waals surface area contributed by atoms with E-state index in [1.807, 2.05) is 6.92 Å². The normalized spacial score (nSPS) is 22.7. The summed E-state index contributed by atoms with van der Waals surface area (Å²) in [5.41, 5.74) is 5.27. The van der Waals surface area contributed by atoms with Gasteiger partial charge in [-0.2, -0.15) is 0 Å². The smallest absolute Gasteiger partial charge is 0.270 e. The zero-order valence-corrected chi connectivity index (χ0v) is 10.5. The molecule has 98 valence electrons. The summed E-state index contributed by atoms with van der Waals surface area (Å²) in [7, 11) is -3.80. The lowest BCUT2D eigenvalue weighted by molar-refractivity contribution is -0.385. The molecule has 0 heterocycles. The summed E-state index contributed by atoms with van der Waals surface area (Å²) in [6, 6.07) is 3.27. The van der Waals surface area contributed by atoms with Crippen LogP contribution in [0.4, 0.5) is 11.4 Å². The maximum absolute atomic E-state index is 12.0. The van der Waals surface area contributed by atoms with Crippen molar-refractivity contribution in [2.45, 2.75) is 24.3 Å². The third kappa shape index (κ3) is 2.44. The fraction of sp³-hybridized carbons (Fsp3) is 0.400. The summed E-state index contributed by atoms with van der Waals surface area (Å²) in [6.07, 6.45) is 0.772. The van der Waals surface area contributed by atoms with Gasteiger partial charge in [-0.15, -0.1) is 0 Å². The van der Waals surface area contributed by atoms with Crippen molar-refractivity contribution < 1.29 is 13.3 Å². The van der Waals surface area contributed by atoms with Crippen LogP contribution < -0.4 is 10.5 Å². The Labute approximate surface area is 104 Å². The van der Waals surface area contributed by atoms with E-state index in [4.69, 9.17) is 5.73 Å². The number of nitro benzene ring substituents is 1. The summed E-state index contributed by atoms with van der Waals surface area (Å²) in [5, 5.41) is 10.6. The average Bonchev–Trinajstić information content (AvgIpc) is 2.93. The van der Waals surface area contributed by atoms with Crippen LogP contribution in [0.3, 0.4) is 0 Å². The van der Waals surface area contributed by atoms with Gasteiger partial charge in [0.05, 0.1) is 10.6 Å². The van der Waals surface area contributed by atoms with E-state index in [9.17, 15) is 18.5 Å². The molecule has 3 N–H and O–H groups in total. The summed E-state index contributed by atoms with van der Waals surface area (Å²) in [6.45, 7) is 1.92. The molecule has 1 aliphatic rings. The molecule has 1 saturated carbocycles. The highest BCUT2D eigenvalue weighted by molar-refractivity contribution is 7.89. The number of nitro groups is 1. The van der Waals surface area contributed by atoms with Gasteiger partial charge in [0.25, 0.3) is 5.69 Å². The Balaban J connectivity index is 2.36. The topological polar surface area (TPSA) is 115 Å². The van der Waals surface area contributed by atoms with E-state index in [1.54, 1.807) is 0 Å². The summed E-state index contributed by atoms with van der Waals surface area (Å²) >= 11 is 0. The maximum Gasteiger partial charge on any atom is 0.270 e. The van der Waals surface area contributed by atoms with Crippen molar-refractivity contribution in [3.63, 3.8) is 0 Å². The number of anilines is 1. The maximum atomic E-state index is 12.0. The van der Waals surface area contributed by atoms with Crippen LogP contribution >= 0.6 is 0 Å². The molecular weight excluding hydrogens is 258 g/mol. The Morgan fingerprint density at radius 1 is 1.50 bits per heavy atom. The molecule has 0 bridgehead atoms. The predicted molar refractivity (Wildman–Crippen MR) is 65.4 cm³/mol. The van der Waals surface area contributed by atoms with Crippen molar-refractivity contribution >= 4 is 21.4 Å². The first kappa shape index (κ1) is 12.8. The number of non-ortho nitro benzene ring substituents is 1. The Kier molecular flexibility index (Phi) is 2.99. The minimum Gasteiger partial charge on any atom is -0.398 e. The zero-order chi connectivity index (χ0) is 13.5. The molecule has 0 spiro atoms.